The van der Waals surface area contributed by atoms with E-state index < -0.39 is 12.0 Å². The second-order valence-electron chi connectivity index (χ2n) is 7.33. The molecule has 0 unspecified atom stereocenters. The summed E-state index contributed by atoms with van der Waals surface area (Å²) in [7, 11) is 3.18. The molecule has 0 aliphatic carbocycles. The highest BCUT2D eigenvalue weighted by atomic mass is 32.2. The van der Waals surface area contributed by atoms with Gasteiger partial charge in [0.2, 0.25) is 11.1 Å². The Hall–Kier alpha value is -3.46. The number of aromatic nitrogens is 3. The Balaban J connectivity index is 1.76. The van der Waals surface area contributed by atoms with Crippen LogP contribution in [0.3, 0.4) is 0 Å². The Morgan fingerprint density at radius 1 is 1.15 bits per heavy atom. The lowest BCUT2D eigenvalue weighted by molar-refractivity contribution is -0.139. The van der Waals surface area contributed by atoms with Gasteiger partial charge in [0.25, 0.3) is 0 Å². The Morgan fingerprint density at radius 2 is 1.94 bits per heavy atom. The van der Waals surface area contributed by atoms with E-state index >= 15 is 0 Å². The Kier molecular flexibility index (Phi) is 6.88. The van der Waals surface area contributed by atoms with Crippen molar-refractivity contribution in [1.82, 2.24) is 14.8 Å². The summed E-state index contributed by atoms with van der Waals surface area (Å²) in [6.45, 7) is 3.89. The van der Waals surface area contributed by atoms with Gasteiger partial charge in [0.15, 0.2) is 0 Å². The van der Waals surface area contributed by atoms with Crippen LogP contribution in [0.4, 0.5) is 5.95 Å². The first-order valence-electron chi connectivity index (χ1n) is 10.6. The molecule has 1 aliphatic heterocycles. The van der Waals surface area contributed by atoms with Crippen LogP contribution in [0, 0.1) is 0 Å². The minimum Gasteiger partial charge on any atom is -0.497 e. The number of ether oxygens (including phenoxy) is 3. The minimum absolute atomic E-state index is 0.268. The average Bonchev–Trinajstić information content (AvgIpc) is 3.24. The highest BCUT2D eigenvalue weighted by molar-refractivity contribution is 7.98. The predicted molar refractivity (Wildman–Crippen MR) is 127 cm³/mol. The number of anilines is 1. The van der Waals surface area contributed by atoms with Crippen LogP contribution in [0.15, 0.2) is 65.0 Å². The Bertz CT molecular complexity index is 1180. The van der Waals surface area contributed by atoms with Gasteiger partial charge >= 0.3 is 5.97 Å². The number of allylic oxidation sites excluding steroid dienone is 1. The van der Waals surface area contributed by atoms with Crippen LogP contribution >= 0.6 is 11.8 Å². The number of rotatable bonds is 8. The summed E-state index contributed by atoms with van der Waals surface area (Å²) in [5, 5.41) is 8.57. The molecule has 2 heterocycles. The predicted octanol–water partition coefficient (Wildman–Crippen LogP) is 4.44. The van der Waals surface area contributed by atoms with E-state index in [4.69, 9.17) is 19.3 Å². The molecule has 1 aromatic heterocycles. The summed E-state index contributed by atoms with van der Waals surface area (Å²) in [5.74, 6) is 2.11. The van der Waals surface area contributed by atoms with Gasteiger partial charge in [0.1, 0.15) is 17.5 Å². The van der Waals surface area contributed by atoms with Crippen LogP contribution in [-0.2, 0) is 15.3 Å². The van der Waals surface area contributed by atoms with E-state index in [9.17, 15) is 4.79 Å². The van der Waals surface area contributed by atoms with Gasteiger partial charge in [0.05, 0.1) is 26.4 Å². The van der Waals surface area contributed by atoms with Gasteiger partial charge in [-0.15, -0.1) is 5.10 Å². The van der Waals surface area contributed by atoms with Crippen molar-refractivity contribution in [2.75, 3.05) is 26.1 Å². The monoisotopic (exact) mass is 466 g/mol. The second-order valence-corrected chi connectivity index (χ2v) is 8.27. The lowest BCUT2D eigenvalue weighted by Gasteiger charge is -2.29. The molecule has 1 atom stereocenters. The van der Waals surface area contributed by atoms with Crippen molar-refractivity contribution in [1.29, 1.82) is 0 Å². The van der Waals surface area contributed by atoms with Crippen LogP contribution in [0.2, 0.25) is 0 Å². The van der Waals surface area contributed by atoms with E-state index in [1.807, 2.05) is 37.3 Å². The van der Waals surface area contributed by atoms with Crippen LogP contribution in [-0.4, -0.2) is 41.6 Å². The number of carbonyl (C=O) groups is 1. The maximum absolute atomic E-state index is 13.0. The van der Waals surface area contributed by atoms with Crippen molar-refractivity contribution >= 4 is 23.7 Å². The molecule has 0 spiro atoms. The number of hydrogen-bond donors (Lipinski definition) is 1. The number of thioether (sulfide) groups is 1. The standard InChI is InChI=1S/C24H26N4O4S/c1-5-32-22(29)20-15(2)25-23-26-24(33-14-16-9-7-6-8-10-16)27-28(23)21(20)18-12-11-17(30-3)13-19(18)31-4/h6-13,21H,5,14H2,1-4H3,(H,25,26,27)/t21-/m1/s1. The van der Waals surface area contributed by atoms with E-state index in [2.05, 4.69) is 22.4 Å². The van der Waals surface area contributed by atoms with Crippen molar-refractivity contribution in [2.24, 2.45) is 0 Å². The average molecular weight is 467 g/mol. The molecule has 0 bridgehead atoms. The summed E-state index contributed by atoms with van der Waals surface area (Å²) >= 11 is 1.53. The second kappa shape index (κ2) is 9.99. The minimum atomic E-state index is -0.570. The molecule has 1 N–H and O–H groups in total. The smallest absolute Gasteiger partial charge is 0.338 e. The maximum Gasteiger partial charge on any atom is 0.338 e. The summed E-state index contributed by atoms with van der Waals surface area (Å²) in [4.78, 5) is 17.7. The lowest BCUT2D eigenvalue weighted by atomic mass is 9.95. The lowest BCUT2D eigenvalue weighted by Crippen LogP contribution is -2.30. The van der Waals surface area contributed by atoms with Gasteiger partial charge in [-0.2, -0.15) is 4.98 Å². The topological polar surface area (TPSA) is 87.5 Å². The molecule has 8 nitrogen and oxygen atoms in total. The van der Waals surface area contributed by atoms with E-state index in [1.165, 1.54) is 17.3 Å². The third-order valence-corrected chi connectivity index (χ3v) is 6.18. The summed E-state index contributed by atoms with van der Waals surface area (Å²) in [6.07, 6.45) is 0. The number of benzene rings is 2. The normalized spacial score (nSPS) is 15.0. The van der Waals surface area contributed by atoms with Crippen molar-refractivity contribution in [2.45, 2.75) is 30.8 Å². The number of esters is 1. The highest BCUT2D eigenvalue weighted by Gasteiger charge is 2.36. The zero-order valence-corrected chi connectivity index (χ0v) is 19.8. The number of hydrogen-bond acceptors (Lipinski definition) is 8. The van der Waals surface area contributed by atoms with Crippen molar-refractivity contribution in [3.8, 4) is 11.5 Å². The van der Waals surface area contributed by atoms with Gasteiger partial charge in [-0.25, -0.2) is 9.48 Å². The van der Waals surface area contributed by atoms with E-state index in [-0.39, 0.29) is 6.61 Å². The van der Waals surface area contributed by atoms with E-state index in [0.29, 0.717) is 33.9 Å². The molecule has 0 amide bonds. The number of methoxy groups -OCH3 is 2. The van der Waals surface area contributed by atoms with Crippen molar-refractivity contribution < 1.29 is 19.0 Å². The summed E-state index contributed by atoms with van der Waals surface area (Å²) in [6, 6.07) is 15.1. The molecule has 172 valence electrons. The van der Waals surface area contributed by atoms with E-state index in [0.717, 1.165) is 11.3 Å². The third kappa shape index (κ3) is 4.68. The molecule has 33 heavy (non-hydrogen) atoms. The van der Waals surface area contributed by atoms with Gasteiger partial charge in [-0.3, -0.25) is 0 Å². The first kappa shape index (κ1) is 22.7. The fourth-order valence-corrected chi connectivity index (χ4v) is 4.50. The zero-order valence-electron chi connectivity index (χ0n) is 19.0. The highest BCUT2D eigenvalue weighted by Crippen LogP contribution is 2.41. The summed E-state index contributed by atoms with van der Waals surface area (Å²) in [5.41, 5.74) is 3.05. The quantitative estimate of drug-likeness (QED) is 0.385. The fraction of sp³-hybridized carbons (Fsp3) is 0.292. The first-order chi connectivity index (χ1) is 16.0. The number of nitrogens with zero attached hydrogens (tertiary/aromatic N) is 3. The SMILES string of the molecule is CCOC(=O)C1=C(C)Nc2nc(SCc3ccccc3)nn2[C@@H]1c1ccc(OC)cc1OC. The van der Waals surface area contributed by atoms with Gasteiger partial charge in [-0.1, -0.05) is 42.1 Å². The molecule has 3 aromatic rings. The van der Waals surface area contributed by atoms with Crippen molar-refractivity contribution in [3.05, 3.63) is 70.9 Å². The number of nitrogens with one attached hydrogen (secondary N) is 1. The molecule has 1 aliphatic rings. The van der Waals surface area contributed by atoms with Crippen LogP contribution in [0.1, 0.15) is 31.0 Å². The van der Waals surface area contributed by atoms with Crippen LogP contribution in [0.5, 0.6) is 11.5 Å². The van der Waals surface area contributed by atoms with Gasteiger partial charge in [-0.05, 0) is 31.5 Å². The summed E-state index contributed by atoms with van der Waals surface area (Å²) < 4.78 is 18.1. The third-order valence-electron chi connectivity index (χ3n) is 5.27. The van der Waals surface area contributed by atoms with Crippen LogP contribution < -0.4 is 14.8 Å². The van der Waals surface area contributed by atoms with Crippen LogP contribution in [0.25, 0.3) is 0 Å². The molecule has 0 saturated heterocycles. The number of carbonyl (C=O) groups excluding carboxylic acids is 1. The Morgan fingerprint density at radius 3 is 2.64 bits per heavy atom. The molecule has 2 aromatic carbocycles. The maximum atomic E-state index is 13.0. The number of fused-ring (bicyclic) bond motifs is 1. The van der Waals surface area contributed by atoms with E-state index in [1.54, 1.807) is 31.9 Å². The van der Waals surface area contributed by atoms with Gasteiger partial charge < -0.3 is 19.5 Å². The molecule has 0 saturated carbocycles. The molecule has 0 radical (unpaired) electrons. The molecule has 0 fully saturated rings. The molecular weight excluding hydrogens is 440 g/mol. The Labute approximate surface area is 197 Å². The van der Waals surface area contributed by atoms with Crippen molar-refractivity contribution in [3.63, 3.8) is 0 Å². The van der Waals surface area contributed by atoms with Gasteiger partial charge in [0, 0.05) is 23.1 Å². The molecule has 9 heteroatoms. The fourth-order valence-electron chi connectivity index (χ4n) is 3.72. The first-order valence-corrected chi connectivity index (χ1v) is 11.5. The largest absolute Gasteiger partial charge is 0.497 e. The zero-order chi connectivity index (χ0) is 23.4. The molecular formula is C24H26N4O4S. The molecule has 4 rings (SSSR count).